The summed E-state index contributed by atoms with van der Waals surface area (Å²) in [7, 11) is 1.65. The second kappa shape index (κ2) is 7.25. The molecule has 0 saturated heterocycles. The van der Waals surface area contributed by atoms with Crippen molar-refractivity contribution in [3.05, 3.63) is 60.5 Å². The first-order chi connectivity index (χ1) is 12.8. The lowest BCUT2D eigenvalue weighted by molar-refractivity contribution is 0.415. The van der Waals surface area contributed by atoms with Gasteiger partial charge in [-0.1, -0.05) is 23.9 Å². The fourth-order valence-corrected chi connectivity index (χ4v) is 3.80. The van der Waals surface area contributed by atoms with E-state index in [0.717, 1.165) is 39.7 Å². The monoisotopic (exact) mass is 365 g/mol. The number of ether oxygens (including phenoxy) is 1. The molecule has 0 radical (unpaired) electrons. The molecule has 0 unspecified atom stereocenters. The van der Waals surface area contributed by atoms with Crippen LogP contribution in [0.15, 0.2) is 64.4 Å². The summed E-state index contributed by atoms with van der Waals surface area (Å²) in [6.07, 6.45) is 1.71. The van der Waals surface area contributed by atoms with E-state index in [1.54, 1.807) is 25.1 Å². The molecule has 2 aromatic heterocycles. The highest BCUT2D eigenvalue weighted by Gasteiger charge is 2.12. The third-order valence-corrected chi connectivity index (χ3v) is 5.18. The summed E-state index contributed by atoms with van der Waals surface area (Å²) in [6.45, 7) is 3.02. The van der Waals surface area contributed by atoms with E-state index in [4.69, 9.17) is 14.1 Å². The molecule has 0 saturated carbocycles. The molecule has 0 aliphatic rings. The number of hydrogen-bond acceptors (Lipinski definition) is 5. The fourth-order valence-electron chi connectivity index (χ4n) is 2.85. The smallest absolute Gasteiger partial charge is 0.226 e. The number of oxazole rings is 1. The molecule has 0 aliphatic heterocycles. The summed E-state index contributed by atoms with van der Waals surface area (Å²) in [4.78, 5) is 9.33. The van der Waals surface area contributed by atoms with Crippen LogP contribution in [0.4, 0.5) is 0 Å². The van der Waals surface area contributed by atoms with Crippen LogP contribution in [0.5, 0.6) is 5.75 Å². The van der Waals surface area contributed by atoms with Crippen LogP contribution in [0.3, 0.4) is 0 Å². The third-order valence-electron chi connectivity index (χ3n) is 4.17. The maximum absolute atomic E-state index is 5.64. The van der Waals surface area contributed by atoms with Crippen molar-refractivity contribution in [1.82, 2.24) is 14.5 Å². The minimum absolute atomic E-state index is 0.618. The number of nitrogens with zero attached hydrogens (tertiary/aromatic N) is 3. The molecule has 0 fully saturated rings. The molecule has 0 amide bonds. The summed E-state index contributed by atoms with van der Waals surface area (Å²) in [5, 5.41) is 1.00. The van der Waals surface area contributed by atoms with Crippen LogP contribution in [-0.2, 0) is 12.3 Å². The van der Waals surface area contributed by atoms with Gasteiger partial charge in [0.1, 0.15) is 12.0 Å². The number of aryl methyl sites for hydroxylation is 1. The Balaban J connectivity index is 1.51. The minimum atomic E-state index is 0.618. The predicted octanol–water partition coefficient (Wildman–Crippen LogP) is 5.01. The van der Waals surface area contributed by atoms with Crippen LogP contribution in [0.2, 0.25) is 0 Å². The molecule has 0 N–H and O–H groups in total. The molecule has 26 heavy (non-hydrogen) atoms. The number of aromatic nitrogens is 3. The molecule has 132 valence electrons. The average Bonchev–Trinajstić information content (AvgIpc) is 3.30. The Hall–Kier alpha value is -2.73. The number of hydrogen-bond donors (Lipinski definition) is 0. The molecular weight excluding hydrogens is 346 g/mol. The molecule has 4 aromatic rings. The summed E-state index contributed by atoms with van der Waals surface area (Å²) in [5.41, 5.74) is 4.02. The van der Waals surface area contributed by atoms with Gasteiger partial charge in [-0.05, 0) is 43.3 Å². The van der Waals surface area contributed by atoms with Gasteiger partial charge >= 0.3 is 0 Å². The molecule has 2 aromatic carbocycles. The Bertz CT molecular complexity index is 1020. The molecule has 5 nitrogen and oxygen atoms in total. The number of benzene rings is 2. The standard InChI is InChI=1S/C20H19N3O2S/c1-3-23-18-7-5-4-6-17(18)22-20(23)26-13-15-12-25-19(21-15)14-8-10-16(24-2)11-9-14/h4-12H,3,13H2,1-2H3. The van der Waals surface area contributed by atoms with Crippen LogP contribution < -0.4 is 4.74 Å². The summed E-state index contributed by atoms with van der Waals surface area (Å²) < 4.78 is 13.0. The molecule has 0 spiro atoms. The Morgan fingerprint density at radius 3 is 2.65 bits per heavy atom. The Morgan fingerprint density at radius 2 is 1.88 bits per heavy atom. The summed E-state index contributed by atoms with van der Waals surface area (Å²) >= 11 is 1.67. The topological polar surface area (TPSA) is 53.1 Å². The molecule has 4 rings (SSSR count). The number of imidazole rings is 1. The van der Waals surface area contributed by atoms with Gasteiger partial charge in [0.05, 0.1) is 23.8 Å². The molecule has 6 heteroatoms. The number of rotatable bonds is 6. The van der Waals surface area contributed by atoms with Gasteiger partial charge in [0.25, 0.3) is 0 Å². The maximum Gasteiger partial charge on any atom is 0.226 e. The Morgan fingerprint density at radius 1 is 1.08 bits per heavy atom. The van der Waals surface area contributed by atoms with Crippen LogP contribution in [0, 0.1) is 0 Å². The fraction of sp³-hybridized carbons (Fsp3) is 0.200. The van der Waals surface area contributed by atoms with Crippen molar-refractivity contribution in [2.75, 3.05) is 7.11 Å². The van der Waals surface area contributed by atoms with E-state index < -0.39 is 0 Å². The average molecular weight is 365 g/mol. The van der Waals surface area contributed by atoms with E-state index >= 15 is 0 Å². The van der Waals surface area contributed by atoms with E-state index in [1.807, 2.05) is 42.5 Å². The van der Waals surface area contributed by atoms with Gasteiger partial charge in [-0.15, -0.1) is 0 Å². The first-order valence-electron chi connectivity index (χ1n) is 8.45. The van der Waals surface area contributed by atoms with Crippen LogP contribution in [0.1, 0.15) is 12.6 Å². The molecular formula is C20H19N3O2S. The number of para-hydroxylation sites is 2. The second-order valence-corrected chi connectivity index (χ2v) is 6.73. The second-order valence-electron chi connectivity index (χ2n) is 5.79. The van der Waals surface area contributed by atoms with Crippen molar-refractivity contribution >= 4 is 22.8 Å². The van der Waals surface area contributed by atoms with Crippen molar-refractivity contribution in [2.24, 2.45) is 0 Å². The highest BCUT2D eigenvalue weighted by molar-refractivity contribution is 7.98. The van der Waals surface area contributed by atoms with E-state index in [9.17, 15) is 0 Å². The zero-order valence-corrected chi connectivity index (χ0v) is 15.5. The quantitative estimate of drug-likeness (QED) is 0.450. The predicted molar refractivity (Wildman–Crippen MR) is 103 cm³/mol. The number of fused-ring (bicyclic) bond motifs is 1. The van der Waals surface area contributed by atoms with Gasteiger partial charge in [-0.25, -0.2) is 9.97 Å². The lowest BCUT2D eigenvalue weighted by Gasteiger charge is -2.04. The molecule has 0 atom stereocenters. The summed E-state index contributed by atoms with van der Waals surface area (Å²) in [5.74, 6) is 2.14. The highest BCUT2D eigenvalue weighted by Crippen LogP contribution is 2.28. The van der Waals surface area contributed by atoms with E-state index in [1.165, 1.54) is 0 Å². The summed E-state index contributed by atoms with van der Waals surface area (Å²) in [6, 6.07) is 15.9. The lowest BCUT2D eigenvalue weighted by Crippen LogP contribution is -1.96. The van der Waals surface area contributed by atoms with Gasteiger partial charge in [0.15, 0.2) is 5.16 Å². The minimum Gasteiger partial charge on any atom is -0.497 e. The zero-order valence-electron chi connectivity index (χ0n) is 14.7. The first-order valence-corrected chi connectivity index (χ1v) is 9.44. The van der Waals surface area contributed by atoms with Crippen molar-refractivity contribution < 1.29 is 9.15 Å². The maximum atomic E-state index is 5.64. The Labute approximate surface area is 156 Å². The molecule has 0 bridgehead atoms. The van der Waals surface area contributed by atoms with E-state index in [2.05, 4.69) is 22.5 Å². The first kappa shape index (κ1) is 16.7. The Kier molecular flexibility index (Phi) is 4.67. The van der Waals surface area contributed by atoms with Crippen molar-refractivity contribution in [3.8, 4) is 17.2 Å². The largest absolute Gasteiger partial charge is 0.497 e. The van der Waals surface area contributed by atoms with Crippen LogP contribution in [-0.4, -0.2) is 21.6 Å². The number of methoxy groups -OCH3 is 1. The zero-order chi connectivity index (χ0) is 17.9. The van der Waals surface area contributed by atoms with Gasteiger partial charge < -0.3 is 13.7 Å². The van der Waals surface area contributed by atoms with Crippen molar-refractivity contribution in [3.63, 3.8) is 0 Å². The normalized spacial score (nSPS) is 11.2. The van der Waals surface area contributed by atoms with E-state index in [0.29, 0.717) is 11.6 Å². The number of thioether (sulfide) groups is 1. The van der Waals surface area contributed by atoms with Gasteiger partial charge in [-0.3, -0.25) is 0 Å². The molecule has 2 heterocycles. The van der Waals surface area contributed by atoms with Crippen molar-refractivity contribution in [1.29, 1.82) is 0 Å². The van der Waals surface area contributed by atoms with Gasteiger partial charge in [0, 0.05) is 17.9 Å². The van der Waals surface area contributed by atoms with Gasteiger partial charge in [0.2, 0.25) is 5.89 Å². The lowest BCUT2D eigenvalue weighted by atomic mass is 10.2. The third kappa shape index (κ3) is 3.20. The van der Waals surface area contributed by atoms with E-state index in [-0.39, 0.29) is 0 Å². The molecule has 0 aliphatic carbocycles. The van der Waals surface area contributed by atoms with Crippen LogP contribution in [0.25, 0.3) is 22.5 Å². The highest BCUT2D eigenvalue weighted by atomic mass is 32.2. The van der Waals surface area contributed by atoms with Crippen molar-refractivity contribution in [2.45, 2.75) is 24.4 Å². The SMILES string of the molecule is CCn1c(SCc2coc(-c3ccc(OC)cc3)n2)nc2ccccc21. The van der Waals surface area contributed by atoms with Gasteiger partial charge in [-0.2, -0.15) is 0 Å². The van der Waals surface area contributed by atoms with Crippen LogP contribution >= 0.6 is 11.8 Å².